The predicted octanol–water partition coefficient (Wildman–Crippen LogP) is 4.88. The second-order valence-electron chi connectivity index (χ2n) is 5.48. The molecule has 0 aromatic heterocycles. The Morgan fingerprint density at radius 1 is 1.00 bits per heavy atom. The van der Waals surface area contributed by atoms with Gasteiger partial charge >= 0.3 is 0 Å². The van der Waals surface area contributed by atoms with Gasteiger partial charge in [0.05, 0.1) is 0 Å². The van der Waals surface area contributed by atoms with Crippen LogP contribution in [0.5, 0.6) is 0 Å². The molecule has 0 saturated heterocycles. The van der Waals surface area contributed by atoms with Gasteiger partial charge in [0, 0.05) is 10.5 Å². The number of benzene rings is 2. The summed E-state index contributed by atoms with van der Waals surface area (Å²) in [5.41, 5.74) is 6.70. The Hall–Kier alpha value is -1.12. The molecular formula is C18H22BrN. The van der Waals surface area contributed by atoms with E-state index in [4.69, 9.17) is 0 Å². The number of nitrogens with one attached hydrogen (secondary N) is 1. The molecule has 2 aromatic rings. The maximum atomic E-state index is 3.63. The molecule has 0 amide bonds. The summed E-state index contributed by atoms with van der Waals surface area (Å²) in [6, 6.07) is 13.6. The van der Waals surface area contributed by atoms with E-state index in [1.807, 2.05) is 7.05 Å². The average Bonchev–Trinajstić information content (AvgIpc) is 2.43. The summed E-state index contributed by atoms with van der Waals surface area (Å²) < 4.78 is 1.18. The molecule has 106 valence electrons. The van der Waals surface area contributed by atoms with E-state index in [1.54, 1.807) is 0 Å². The number of halogens is 1. The fourth-order valence-electron chi connectivity index (χ4n) is 2.45. The van der Waals surface area contributed by atoms with Gasteiger partial charge in [-0.3, -0.25) is 0 Å². The van der Waals surface area contributed by atoms with Crippen LogP contribution < -0.4 is 5.32 Å². The van der Waals surface area contributed by atoms with Crippen LogP contribution in [0.25, 0.3) is 0 Å². The van der Waals surface area contributed by atoms with Crippen LogP contribution in [0.4, 0.5) is 0 Å². The zero-order valence-electron chi connectivity index (χ0n) is 12.6. The van der Waals surface area contributed by atoms with Crippen molar-refractivity contribution in [3.05, 3.63) is 68.7 Å². The molecule has 0 aliphatic heterocycles. The minimum absolute atomic E-state index is 0.340. The Bertz CT molecular complexity index is 604. The quantitative estimate of drug-likeness (QED) is 0.842. The Morgan fingerprint density at radius 2 is 1.70 bits per heavy atom. The standard InChI is InChI=1S/C18H22BrN/c1-12-5-6-13(2)16(9-12)11-18(20-4)15-8-7-14(3)17(19)10-15/h5-10,18,20H,11H2,1-4H3. The smallest absolute Gasteiger partial charge is 0.0358 e. The van der Waals surface area contributed by atoms with Crippen molar-refractivity contribution in [3.63, 3.8) is 0 Å². The summed E-state index contributed by atoms with van der Waals surface area (Å²) in [6.45, 7) is 6.46. The first-order chi connectivity index (χ1) is 9.51. The van der Waals surface area contributed by atoms with E-state index in [-0.39, 0.29) is 0 Å². The van der Waals surface area contributed by atoms with Crippen LogP contribution in [0.1, 0.15) is 33.9 Å². The van der Waals surface area contributed by atoms with Gasteiger partial charge < -0.3 is 5.32 Å². The monoisotopic (exact) mass is 331 g/mol. The van der Waals surface area contributed by atoms with E-state index in [9.17, 15) is 0 Å². The first kappa shape index (κ1) is 15.3. The van der Waals surface area contributed by atoms with Crippen LogP contribution in [0.15, 0.2) is 40.9 Å². The number of rotatable bonds is 4. The molecular weight excluding hydrogens is 310 g/mol. The van der Waals surface area contributed by atoms with Crippen LogP contribution >= 0.6 is 15.9 Å². The van der Waals surface area contributed by atoms with Gasteiger partial charge in [0.2, 0.25) is 0 Å². The van der Waals surface area contributed by atoms with Crippen molar-refractivity contribution in [1.82, 2.24) is 5.32 Å². The lowest BCUT2D eigenvalue weighted by molar-refractivity contribution is 0.590. The lowest BCUT2D eigenvalue weighted by Crippen LogP contribution is -2.19. The molecule has 1 unspecified atom stereocenters. The van der Waals surface area contributed by atoms with Gasteiger partial charge in [-0.15, -0.1) is 0 Å². The van der Waals surface area contributed by atoms with Crippen LogP contribution in [0, 0.1) is 20.8 Å². The first-order valence-electron chi connectivity index (χ1n) is 7.00. The second-order valence-corrected chi connectivity index (χ2v) is 6.34. The van der Waals surface area contributed by atoms with Gasteiger partial charge in [-0.25, -0.2) is 0 Å². The van der Waals surface area contributed by atoms with Crippen LogP contribution in [-0.4, -0.2) is 7.05 Å². The highest BCUT2D eigenvalue weighted by Crippen LogP contribution is 2.25. The fourth-order valence-corrected chi connectivity index (χ4v) is 2.85. The van der Waals surface area contributed by atoms with Crippen LogP contribution in [0.3, 0.4) is 0 Å². The minimum atomic E-state index is 0.340. The highest BCUT2D eigenvalue weighted by Gasteiger charge is 2.12. The molecule has 1 N–H and O–H groups in total. The Labute approximate surface area is 130 Å². The molecule has 2 aromatic carbocycles. The fraction of sp³-hybridized carbons (Fsp3) is 0.333. The topological polar surface area (TPSA) is 12.0 Å². The third kappa shape index (κ3) is 3.50. The third-order valence-electron chi connectivity index (χ3n) is 3.88. The van der Waals surface area contributed by atoms with Gasteiger partial charge in [0.25, 0.3) is 0 Å². The molecule has 1 atom stereocenters. The Kier molecular flexibility index (Phi) is 5.00. The summed E-state index contributed by atoms with van der Waals surface area (Å²) in [6.07, 6.45) is 1.01. The highest BCUT2D eigenvalue weighted by atomic mass is 79.9. The SMILES string of the molecule is CNC(Cc1cc(C)ccc1C)c1ccc(C)c(Br)c1. The maximum absolute atomic E-state index is 3.63. The van der Waals surface area contributed by atoms with Crippen molar-refractivity contribution in [1.29, 1.82) is 0 Å². The molecule has 0 heterocycles. The largest absolute Gasteiger partial charge is 0.313 e. The van der Waals surface area contributed by atoms with E-state index >= 15 is 0 Å². The normalized spacial score (nSPS) is 12.4. The van der Waals surface area contributed by atoms with E-state index < -0.39 is 0 Å². The Balaban J connectivity index is 2.28. The van der Waals surface area contributed by atoms with E-state index in [0.717, 1.165) is 6.42 Å². The summed E-state index contributed by atoms with van der Waals surface area (Å²) in [4.78, 5) is 0. The number of aryl methyl sites for hydroxylation is 3. The number of hydrogen-bond acceptors (Lipinski definition) is 1. The van der Waals surface area contributed by atoms with E-state index in [2.05, 4.69) is 78.4 Å². The molecule has 2 rings (SSSR count). The minimum Gasteiger partial charge on any atom is -0.313 e. The van der Waals surface area contributed by atoms with Crippen LogP contribution in [0.2, 0.25) is 0 Å². The lowest BCUT2D eigenvalue weighted by atomic mass is 9.94. The summed E-state index contributed by atoms with van der Waals surface area (Å²) in [5, 5.41) is 3.44. The van der Waals surface area contributed by atoms with Crippen molar-refractivity contribution in [2.45, 2.75) is 33.2 Å². The molecule has 20 heavy (non-hydrogen) atoms. The van der Waals surface area contributed by atoms with E-state index in [1.165, 1.54) is 32.3 Å². The lowest BCUT2D eigenvalue weighted by Gasteiger charge is -2.19. The van der Waals surface area contributed by atoms with Gasteiger partial charge in [0.15, 0.2) is 0 Å². The first-order valence-corrected chi connectivity index (χ1v) is 7.80. The van der Waals surface area contributed by atoms with Gasteiger partial charge in [0.1, 0.15) is 0 Å². The molecule has 0 radical (unpaired) electrons. The molecule has 0 saturated carbocycles. The maximum Gasteiger partial charge on any atom is 0.0358 e. The number of likely N-dealkylation sites (N-methyl/N-ethyl adjacent to an activating group) is 1. The van der Waals surface area contributed by atoms with E-state index in [0.29, 0.717) is 6.04 Å². The van der Waals surface area contributed by atoms with Gasteiger partial charge in [-0.05, 0) is 62.6 Å². The predicted molar refractivity (Wildman–Crippen MR) is 90.3 cm³/mol. The van der Waals surface area contributed by atoms with Crippen molar-refractivity contribution in [3.8, 4) is 0 Å². The van der Waals surface area contributed by atoms with Crippen molar-refractivity contribution >= 4 is 15.9 Å². The van der Waals surface area contributed by atoms with Gasteiger partial charge in [-0.2, -0.15) is 0 Å². The molecule has 0 bridgehead atoms. The molecule has 0 aliphatic rings. The molecule has 2 heteroatoms. The molecule has 0 aliphatic carbocycles. The third-order valence-corrected chi connectivity index (χ3v) is 4.73. The van der Waals surface area contributed by atoms with Crippen LogP contribution in [-0.2, 0) is 6.42 Å². The van der Waals surface area contributed by atoms with Gasteiger partial charge in [-0.1, -0.05) is 51.8 Å². The molecule has 0 spiro atoms. The number of hydrogen-bond donors (Lipinski definition) is 1. The molecule has 0 fully saturated rings. The highest BCUT2D eigenvalue weighted by molar-refractivity contribution is 9.10. The summed E-state index contributed by atoms with van der Waals surface area (Å²) in [5.74, 6) is 0. The average molecular weight is 332 g/mol. The van der Waals surface area contributed by atoms with Crippen molar-refractivity contribution in [2.75, 3.05) is 7.05 Å². The Morgan fingerprint density at radius 3 is 2.35 bits per heavy atom. The zero-order valence-corrected chi connectivity index (χ0v) is 14.2. The summed E-state index contributed by atoms with van der Waals surface area (Å²) in [7, 11) is 2.03. The zero-order chi connectivity index (χ0) is 14.7. The molecule has 1 nitrogen and oxygen atoms in total. The van der Waals surface area contributed by atoms with Crippen molar-refractivity contribution in [2.24, 2.45) is 0 Å². The van der Waals surface area contributed by atoms with Crippen molar-refractivity contribution < 1.29 is 0 Å². The summed E-state index contributed by atoms with van der Waals surface area (Å²) >= 11 is 3.63. The second kappa shape index (κ2) is 6.55.